The first kappa shape index (κ1) is 12.8. The molecule has 8 heteroatoms. The molecule has 0 aromatic carbocycles. The van der Waals surface area contributed by atoms with Crippen LogP contribution in [0.25, 0.3) is 0 Å². The van der Waals surface area contributed by atoms with Gasteiger partial charge in [-0.05, 0) is 25.7 Å². The zero-order valence-electron chi connectivity index (χ0n) is 9.83. The van der Waals surface area contributed by atoms with Crippen LogP contribution in [0.3, 0.4) is 0 Å². The third kappa shape index (κ3) is 2.80. The summed E-state index contributed by atoms with van der Waals surface area (Å²) < 4.78 is 37.5. The monoisotopic (exact) mass is 261 g/mol. The first-order valence-corrected chi connectivity index (χ1v) is 5.71. The number of nitrogen functional groups attached to an aromatic ring is 1. The van der Waals surface area contributed by atoms with Crippen LogP contribution in [0.15, 0.2) is 0 Å². The Morgan fingerprint density at radius 1 is 1.28 bits per heavy atom. The first-order valence-electron chi connectivity index (χ1n) is 5.71. The molecule has 1 aromatic heterocycles. The highest BCUT2D eigenvalue weighted by Crippen LogP contribution is 2.31. The van der Waals surface area contributed by atoms with Crippen molar-refractivity contribution in [3.8, 4) is 0 Å². The minimum absolute atomic E-state index is 0.0293. The van der Waals surface area contributed by atoms with E-state index in [-0.39, 0.29) is 12.0 Å². The quantitative estimate of drug-likeness (QED) is 0.871. The third-order valence-corrected chi connectivity index (χ3v) is 3.12. The molecule has 1 saturated carbocycles. The molecule has 0 amide bonds. The minimum Gasteiger partial charge on any atom is -0.368 e. The van der Waals surface area contributed by atoms with E-state index in [0.29, 0.717) is 5.92 Å². The average molecular weight is 261 g/mol. The second-order valence-electron chi connectivity index (χ2n) is 4.46. The molecule has 1 fully saturated rings. The predicted octanol–water partition coefficient (Wildman–Crippen LogP) is 2.07. The Bertz CT molecular complexity index is 430. The van der Waals surface area contributed by atoms with Crippen molar-refractivity contribution in [3.63, 3.8) is 0 Å². The lowest BCUT2D eigenvalue weighted by molar-refractivity contribution is -0.144. The summed E-state index contributed by atoms with van der Waals surface area (Å²) in [6.07, 6.45) is -1.32. The van der Waals surface area contributed by atoms with Gasteiger partial charge in [0.1, 0.15) is 0 Å². The summed E-state index contributed by atoms with van der Waals surface area (Å²) in [5, 5.41) is 2.85. The summed E-state index contributed by atoms with van der Waals surface area (Å²) in [6, 6.07) is 0.0293. The van der Waals surface area contributed by atoms with Crippen molar-refractivity contribution in [2.45, 2.75) is 38.4 Å². The van der Waals surface area contributed by atoms with E-state index in [9.17, 15) is 13.2 Å². The summed E-state index contributed by atoms with van der Waals surface area (Å²) in [5.74, 6) is -1.36. The second kappa shape index (κ2) is 4.58. The topological polar surface area (TPSA) is 76.7 Å². The number of nitrogens with two attached hydrogens (primary N) is 1. The van der Waals surface area contributed by atoms with Crippen LogP contribution in [0.1, 0.15) is 32.0 Å². The molecule has 1 heterocycles. The molecule has 0 saturated heterocycles. The number of hydrogen-bond donors (Lipinski definition) is 2. The molecule has 1 unspecified atom stereocenters. The fraction of sp³-hybridized carbons (Fsp3) is 0.700. The van der Waals surface area contributed by atoms with Gasteiger partial charge in [0.25, 0.3) is 0 Å². The van der Waals surface area contributed by atoms with Gasteiger partial charge in [0, 0.05) is 6.04 Å². The van der Waals surface area contributed by atoms with Crippen molar-refractivity contribution in [1.82, 2.24) is 15.0 Å². The van der Waals surface area contributed by atoms with Gasteiger partial charge >= 0.3 is 6.18 Å². The van der Waals surface area contributed by atoms with E-state index in [2.05, 4.69) is 20.3 Å². The zero-order valence-corrected chi connectivity index (χ0v) is 9.83. The number of nitrogens with one attached hydrogen (secondary N) is 1. The smallest absolute Gasteiger partial charge is 0.368 e. The number of halogens is 3. The largest absolute Gasteiger partial charge is 0.451 e. The van der Waals surface area contributed by atoms with Gasteiger partial charge in [0.05, 0.1) is 0 Å². The highest BCUT2D eigenvalue weighted by molar-refractivity contribution is 5.32. The summed E-state index contributed by atoms with van der Waals surface area (Å²) in [6.45, 7) is 1.90. The van der Waals surface area contributed by atoms with Crippen LogP contribution in [-0.4, -0.2) is 21.0 Å². The molecule has 1 aliphatic carbocycles. The maximum Gasteiger partial charge on any atom is 0.451 e. The van der Waals surface area contributed by atoms with Crippen LogP contribution < -0.4 is 11.1 Å². The predicted molar refractivity (Wildman–Crippen MR) is 59.7 cm³/mol. The van der Waals surface area contributed by atoms with Gasteiger partial charge in [0.2, 0.25) is 17.7 Å². The molecule has 18 heavy (non-hydrogen) atoms. The van der Waals surface area contributed by atoms with Crippen molar-refractivity contribution in [2.75, 3.05) is 11.1 Å². The molecule has 0 radical (unpaired) electrons. The Hall–Kier alpha value is -1.60. The van der Waals surface area contributed by atoms with Gasteiger partial charge < -0.3 is 11.1 Å². The van der Waals surface area contributed by atoms with Crippen molar-refractivity contribution in [2.24, 2.45) is 5.92 Å². The van der Waals surface area contributed by atoms with E-state index in [4.69, 9.17) is 5.73 Å². The van der Waals surface area contributed by atoms with Crippen LogP contribution in [0.4, 0.5) is 25.1 Å². The maximum atomic E-state index is 12.5. The highest BCUT2D eigenvalue weighted by Gasteiger charge is 2.36. The van der Waals surface area contributed by atoms with Crippen molar-refractivity contribution in [3.05, 3.63) is 5.82 Å². The number of hydrogen-bond acceptors (Lipinski definition) is 5. The molecule has 3 N–H and O–H groups in total. The number of nitrogens with zero attached hydrogens (tertiary/aromatic N) is 3. The number of alkyl halides is 3. The molecule has 0 spiro atoms. The van der Waals surface area contributed by atoms with E-state index < -0.39 is 17.9 Å². The van der Waals surface area contributed by atoms with Gasteiger partial charge in [0.15, 0.2) is 0 Å². The average Bonchev–Trinajstić information content (AvgIpc) is 2.11. The van der Waals surface area contributed by atoms with E-state index >= 15 is 0 Å². The minimum atomic E-state index is -4.62. The Morgan fingerprint density at radius 3 is 2.44 bits per heavy atom. The van der Waals surface area contributed by atoms with Gasteiger partial charge in [-0.15, -0.1) is 0 Å². The maximum absolute atomic E-state index is 12.5. The van der Waals surface area contributed by atoms with E-state index in [1.165, 1.54) is 0 Å². The Labute approximate surface area is 102 Å². The summed E-state index contributed by atoms with van der Waals surface area (Å²) in [4.78, 5) is 10.1. The Morgan fingerprint density at radius 2 is 1.94 bits per heavy atom. The van der Waals surface area contributed by atoms with Crippen molar-refractivity contribution >= 4 is 11.9 Å². The van der Waals surface area contributed by atoms with E-state index in [1.807, 2.05) is 6.92 Å². The fourth-order valence-corrected chi connectivity index (χ4v) is 1.84. The Balaban J connectivity index is 2.14. The van der Waals surface area contributed by atoms with Crippen LogP contribution in [-0.2, 0) is 6.18 Å². The standard InChI is InChI=1S/C10H14F3N5/c1-5(6-3-2-4-6)15-9-17-7(10(11,12)13)16-8(14)18-9/h5-6H,2-4H2,1H3,(H3,14,15,16,17,18). The molecule has 100 valence electrons. The number of anilines is 2. The molecular formula is C10H14F3N5. The van der Waals surface area contributed by atoms with Crippen molar-refractivity contribution in [1.29, 1.82) is 0 Å². The molecular weight excluding hydrogens is 247 g/mol. The van der Waals surface area contributed by atoms with Crippen LogP contribution >= 0.6 is 0 Å². The summed E-state index contributed by atoms with van der Waals surface area (Å²) in [5.41, 5.74) is 5.25. The van der Waals surface area contributed by atoms with Gasteiger partial charge in [-0.1, -0.05) is 6.42 Å². The van der Waals surface area contributed by atoms with Crippen LogP contribution in [0.5, 0.6) is 0 Å². The molecule has 1 aliphatic rings. The van der Waals surface area contributed by atoms with Gasteiger partial charge in [-0.2, -0.15) is 28.1 Å². The Kier molecular flexibility index (Phi) is 3.27. The summed E-state index contributed by atoms with van der Waals surface area (Å²) in [7, 11) is 0. The van der Waals surface area contributed by atoms with Gasteiger partial charge in [-0.3, -0.25) is 0 Å². The molecule has 1 atom stereocenters. The SMILES string of the molecule is CC(Nc1nc(N)nc(C(F)(F)F)n1)C1CCC1. The van der Waals surface area contributed by atoms with E-state index in [1.54, 1.807) is 0 Å². The molecule has 1 aromatic rings. The normalized spacial score (nSPS) is 18.2. The molecule has 0 aliphatic heterocycles. The highest BCUT2D eigenvalue weighted by atomic mass is 19.4. The lowest BCUT2D eigenvalue weighted by atomic mass is 9.80. The zero-order chi connectivity index (χ0) is 13.3. The fourth-order valence-electron chi connectivity index (χ4n) is 1.84. The third-order valence-electron chi connectivity index (χ3n) is 3.12. The van der Waals surface area contributed by atoms with E-state index in [0.717, 1.165) is 19.3 Å². The van der Waals surface area contributed by atoms with Crippen molar-refractivity contribution < 1.29 is 13.2 Å². The lowest BCUT2D eigenvalue weighted by Gasteiger charge is -2.31. The second-order valence-corrected chi connectivity index (χ2v) is 4.46. The van der Waals surface area contributed by atoms with Crippen LogP contribution in [0.2, 0.25) is 0 Å². The number of rotatable bonds is 3. The van der Waals surface area contributed by atoms with Gasteiger partial charge in [-0.25, -0.2) is 0 Å². The lowest BCUT2D eigenvalue weighted by Crippen LogP contribution is -2.32. The number of aromatic nitrogens is 3. The molecule has 5 nitrogen and oxygen atoms in total. The molecule has 0 bridgehead atoms. The van der Waals surface area contributed by atoms with Crippen LogP contribution in [0, 0.1) is 5.92 Å². The first-order chi connectivity index (χ1) is 8.36. The summed E-state index contributed by atoms with van der Waals surface area (Å²) >= 11 is 0. The molecule has 2 rings (SSSR count).